The molecule has 0 bridgehead atoms. The van der Waals surface area contributed by atoms with Gasteiger partial charge in [0.05, 0.1) is 11.1 Å². The van der Waals surface area contributed by atoms with Crippen LogP contribution in [0.1, 0.15) is 59.7 Å². The minimum atomic E-state index is -0.0967. The van der Waals surface area contributed by atoms with Gasteiger partial charge in [0.1, 0.15) is 0 Å². The topological polar surface area (TPSA) is 37.4 Å². The van der Waals surface area contributed by atoms with Gasteiger partial charge in [-0.1, -0.05) is 25.5 Å². The predicted molar refractivity (Wildman–Crippen MR) is 73.0 cm³/mol. The molecule has 0 N–H and O–H groups in total. The average molecular weight is 257 g/mol. The molecule has 100 valence electrons. The highest BCUT2D eigenvalue weighted by Crippen LogP contribution is 2.33. The van der Waals surface area contributed by atoms with Crippen LogP contribution in [0.4, 0.5) is 0 Å². The highest BCUT2D eigenvalue weighted by atomic mass is 16.2. The molecule has 1 saturated carbocycles. The third-order valence-corrected chi connectivity index (χ3v) is 4.58. The predicted octanol–water partition coefficient (Wildman–Crippen LogP) is 3.25. The highest BCUT2D eigenvalue weighted by Gasteiger charge is 2.40. The molecule has 0 saturated heterocycles. The molecule has 0 radical (unpaired) electrons. The first-order valence-electron chi connectivity index (χ1n) is 7.19. The van der Waals surface area contributed by atoms with Crippen molar-refractivity contribution in [3.05, 3.63) is 35.4 Å². The molecule has 2 amide bonds. The summed E-state index contributed by atoms with van der Waals surface area (Å²) in [5.74, 6) is 0.576. The number of rotatable bonds is 2. The van der Waals surface area contributed by atoms with Crippen LogP contribution in [0.25, 0.3) is 0 Å². The van der Waals surface area contributed by atoms with Crippen LogP contribution in [-0.4, -0.2) is 22.8 Å². The largest absolute Gasteiger partial charge is 0.271 e. The van der Waals surface area contributed by atoms with Gasteiger partial charge in [0.25, 0.3) is 11.8 Å². The van der Waals surface area contributed by atoms with Crippen molar-refractivity contribution in [3.63, 3.8) is 0 Å². The fraction of sp³-hybridized carbons (Fsp3) is 0.500. The van der Waals surface area contributed by atoms with Crippen molar-refractivity contribution in [2.45, 2.75) is 45.1 Å². The Labute approximate surface area is 113 Å². The summed E-state index contributed by atoms with van der Waals surface area (Å²) < 4.78 is 0. The van der Waals surface area contributed by atoms with Crippen LogP contribution in [0.15, 0.2) is 24.3 Å². The number of imide groups is 1. The number of nitrogens with zero attached hydrogens (tertiary/aromatic N) is 1. The van der Waals surface area contributed by atoms with E-state index in [1.807, 2.05) is 12.1 Å². The summed E-state index contributed by atoms with van der Waals surface area (Å²) in [6.45, 7) is 2.22. The van der Waals surface area contributed by atoms with Gasteiger partial charge in [0.2, 0.25) is 0 Å². The molecule has 3 nitrogen and oxygen atoms in total. The number of hydrogen-bond acceptors (Lipinski definition) is 2. The van der Waals surface area contributed by atoms with E-state index in [9.17, 15) is 9.59 Å². The Bertz CT molecular complexity index is 480. The normalized spacial score (nSPS) is 26.7. The molecule has 1 fully saturated rings. The van der Waals surface area contributed by atoms with Crippen LogP contribution in [0.3, 0.4) is 0 Å². The minimum absolute atomic E-state index is 0.0967. The number of hydrogen-bond donors (Lipinski definition) is 0. The highest BCUT2D eigenvalue weighted by molar-refractivity contribution is 6.21. The van der Waals surface area contributed by atoms with E-state index in [1.165, 1.54) is 11.3 Å². The molecular weight excluding hydrogens is 238 g/mol. The van der Waals surface area contributed by atoms with Gasteiger partial charge in [-0.25, -0.2) is 0 Å². The fourth-order valence-corrected chi connectivity index (χ4v) is 3.35. The zero-order valence-electron chi connectivity index (χ0n) is 11.3. The molecule has 3 rings (SSSR count). The number of fused-ring (bicyclic) bond motifs is 1. The van der Waals surface area contributed by atoms with Crippen molar-refractivity contribution in [1.29, 1.82) is 0 Å². The van der Waals surface area contributed by atoms with Gasteiger partial charge in [0, 0.05) is 6.04 Å². The molecular formula is C16H19NO2. The van der Waals surface area contributed by atoms with Crippen LogP contribution in [0, 0.1) is 5.92 Å². The van der Waals surface area contributed by atoms with Crippen LogP contribution in [-0.2, 0) is 0 Å². The summed E-state index contributed by atoms with van der Waals surface area (Å²) in [7, 11) is 0. The lowest BCUT2D eigenvalue weighted by Gasteiger charge is -2.33. The Balaban J connectivity index is 1.81. The van der Waals surface area contributed by atoms with Crippen molar-refractivity contribution in [2.75, 3.05) is 0 Å². The first kappa shape index (κ1) is 12.4. The summed E-state index contributed by atoms with van der Waals surface area (Å²) in [4.78, 5) is 26.2. The molecule has 1 aromatic rings. The van der Waals surface area contributed by atoms with Gasteiger partial charge < -0.3 is 0 Å². The molecule has 0 aromatic heterocycles. The maximum Gasteiger partial charge on any atom is 0.261 e. The molecule has 1 heterocycles. The third kappa shape index (κ3) is 1.97. The molecule has 3 heteroatoms. The summed E-state index contributed by atoms with van der Waals surface area (Å²) in [5, 5.41) is 0. The Morgan fingerprint density at radius 1 is 1.00 bits per heavy atom. The second-order valence-electron chi connectivity index (χ2n) is 5.61. The van der Waals surface area contributed by atoms with Gasteiger partial charge in [-0.2, -0.15) is 0 Å². The Hall–Kier alpha value is -1.64. The van der Waals surface area contributed by atoms with E-state index in [0.717, 1.165) is 31.6 Å². The van der Waals surface area contributed by atoms with Crippen LogP contribution < -0.4 is 0 Å². The van der Waals surface area contributed by atoms with E-state index < -0.39 is 0 Å². The first-order valence-corrected chi connectivity index (χ1v) is 7.19. The van der Waals surface area contributed by atoms with Crippen molar-refractivity contribution in [3.8, 4) is 0 Å². The fourth-order valence-electron chi connectivity index (χ4n) is 3.35. The Kier molecular flexibility index (Phi) is 3.13. The lowest BCUT2D eigenvalue weighted by atomic mass is 9.84. The Morgan fingerprint density at radius 2 is 1.53 bits per heavy atom. The summed E-state index contributed by atoms with van der Waals surface area (Å²) in [6, 6.07) is 7.26. The van der Waals surface area contributed by atoms with E-state index in [0.29, 0.717) is 11.1 Å². The summed E-state index contributed by atoms with van der Waals surface area (Å²) in [6.07, 6.45) is 5.39. The van der Waals surface area contributed by atoms with E-state index in [2.05, 4.69) is 6.92 Å². The number of benzene rings is 1. The number of carbonyl (C=O) groups excluding carboxylic acids is 2. The summed E-state index contributed by atoms with van der Waals surface area (Å²) >= 11 is 0. The van der Waals surface area contributed by atoms with Gasteiger partial charge in [-0.05, 0) is 43.7 Å². The number of carbonyl (C=O) groups is 2. The van der Waals surface area contributed by atoms with Crippen molar-refractivity contribution < 1.29 is 9.59 Å². The quantitative estimate of drug-likeness (QED) is 0.763. The third-order valence-electron chi connectivity index (χ3n) is 4.58. The molecule has 1 aromatic carbocycles. The molecule has 0 spiro atoms. The van der Waals surface area contributed by atoms with E-state index in [-0.39, 0.29) is 17.9 Å². The summed E-state index contributed by atoms with van der Waals surface area (Å²) in [5.41, 5.74) is 1.15. The zero-order chi connectivity index (χ0) is 13.4. The van der Waals surface area contributed by atoms with E-state index in [1.54, 1.807) is 12.1 Å². The lowest BCUT2D eigenvalue weighted by Crippen LogP contribution is -2.41. The minimum Gasteiger partial charge on any atom is -0.271 e. The van der Waals surface area contributed by atoms with E-state index in [4.69, 9.17) is 0 Å². The molecule has 0 unspecified atom stereocenters. The SMILES string of the molecule is CC[C@H]1CC[C@@H](N2C(=O)c3ccccc3C2=O)CC1. The smallest absolute Gasteiger partial charge is 0.261 e. The molecule has 19 heavy (non-hydrogen) atoms. The average Bonchev–Trinajstić information content (AvgIpc) is 2.72. The van der Waals surface area contributed by atoms with Crippen molar-refractivity contribution >= 4 is 11.8 Å². The number of amides is 2. The van der Waals surface area contributed by atoms with Gasteiger partial charge >= 0.3 is 0 Å². The van der Waals surface area contributed by atoms with Gasteiger partial charge in [0.15, 0.2) is 0 Å². The van der Waals surface area contributed by atoms with Crippen LogP contribution >= 0.6 is 0 Å². The van der Waals surface area contributed by atoms with Crippen molar-refractivity contribution in [1.82, 2.24) is 4.90 Å². The lowest BCUT2D eigenvalue weighted by molar-refractivity contribution is 0.0529. The van der Waals surface area contributed by atoms with Crippen LogP contribution in [0.2, 0.25) is 0 Å². The Morgan fingerprint density at radius 3 is 2.00 bits per heavy atom. The van der Waals surface area contributed by atoms with Crippen molar-refractivity contribution in [2.24, 2.45) is 5.92 Å². The van der Waals surface area contributed by atoms with Crippen LogP contribution in [0.5, 0.6) is 0 Å². The van der Waals surface area contributed by atoms with Gasteiger partial charge in [-0.3, -0.25) is 14.5 Å². The standard InChI is InChI=1S/C16H19NO2/c1-2-11-7-9-12(10-8-11)17-15(18)13-5-3-4-6-14(13)16(17)19/h3-6,11-12H,2,7-10H2,1H3/t11-,12+. The van der Waals surface area contributed by atoms with E-state index >= 15 is 0 Å². The zero-order valence-corrected chi connectivity index (χ0v) is 11.3. The second kappa shape index (κ2) is 4.80. The second-order valence-corrected chi connectivity index (χ2v) is 5.61. The maximum atomic E-state index is 12.4. The molecule has 0 atom stereocenters. The molecule has 1 aliphatic heterocycles. The molecule has 2 aliphatic rings. The maximum absolute atomic E-state index is 12.4. The molecule has 1 aliphatic carbocycles. The first-order chi connectivity index (χ1) is 9.22. The monoisotopic (exact) mass is 257 g/mol. The van der Waals surface area contributed by atoms with Gasteiger partial charge in [-0.15, -0.1) is 0 Å².